The van der Waals surface area contributed by atoms with E-state index in [4.69, 9.17) is 0 Å². The number of carbonyl (C=O) groups excluding carboxylic acids is 2. The van der Waals surface area contributed by atoms with Crippen LogP contribution >= 0.6 is 0 Å². The average molecular weight is 153 g/mol. The van der Waals surface area contributed by atoms with Gasteiger partial charge in [0.1, 0.15) is 6.04 Å². The second-order valence-corrected chi connectivity index (χ2v) is 2.29. The molecule has 0 saturated heterocycles. The lowest BCUT2D eigenvalue weighted by atomic mass is 10.1. The van der Waals surface area contributed by atoms with Gasteiger partial charge in [0.25, 0.3) is 0 Å². The van der Waals surface area contributed by atoms with E-state index >= 15 is 0 Å². The number of ketones is 1. The molecule has 3 heteroatoms. The quantitative estimate of drug-likeness (QED) is 0.346. The predicted molar refractivity (Wildman–Crippen MR) is 42.0 cm³/mol. The number of hydrogen-bond acceptors (Lipinski definition) is 3. The molecule has 0 amide bonds. The van der Waals surface area contributed by atoms with E-state index in [-0.39, 0.29) is 5.78 Å². The van der Waals surface area contributed by atoms with E-state index in [1.165, 1.54) is 6.08 Å². The van der Waals surface area contributed by atoms with Crippen molar-refractivity contribution in [3.05, 3.63) is 12.2 Å². The van der Waals surface area contributed by atoms with Gasteiger partial charge in [0.05, 0.1) is 0 Å². The Morgan fingerprint density at radius 1 is 1.73 bits per heavy atom. The third-order valence-corrected chi connectivity index (χ3v) is 1.32. The highest BCUT2D eigenvalue weighted by Crippen LogP contribution is 2.03. The molecule has 60 valence electrons. The topological polar surface area (TPSA) is 46.5 Å². The van der Waals surface area contributed by atoms with Gasteiger partial charge >= 0.3 is 0 Å². The Kier molecular flexibility index (Phi) is 4.08. The van der Waals surface area contributed by atoms with Crippen molar-refractivity contribution in [2.45, 2.75) is 26.3 Å². The molecule has 0 aliphatic heterocycles. The molecule has 0 spiro atoms. The number of rotatable bonds is 4. The Hall–Kier alpha value is -1.21. The van der Waals surface area contributed by atoms with Crippen molar-refractivity contribution in [1.82, 2.24) is 0 Å². The van der Waals surface area contributed by atoms with Crippen LogP contribution in [0.1, 0.15) is 20.3 Å². The number of aliphatic imine (C=N–C) groups is 1. The lowest BCUT2D eigenvalue weighted by Gasteiger charge is -2.04. The Balaban J connectivity index is 4.38. The first-order valence-electron chi connectivity index (χ1n) is 3.40. The second-order valence-electron chi connectivity index (χ2n) is 2.29. The van der Waals surface area contributed by atoms with Crippen molar-refractivity contribution < 1.29 is 9.59 Å². The van der Waals surface area contributed by atoms with Crippen molar-refractivity contribution in [2.75, 3.05) is 0 Å². The summed E-state index contributed by atoms with van der Waals surface area (Å²) in [5.41, 5.74) is 0.427. The van der Waals surface area contributed by atoms with Crippen LogP contribution in [0, 0.1) is 0 Å². The van der Waals surface area contributed by atoms with Gasteiger partial charge in [-0.3, -0.25) is 4.79 Å². The lowest BCUT2D eigenvalue weighted by Crippen LogP contribution is -2.17. The lowest BCUT2D eigenvalue weighted by molar-refractivity contribution is -0.116. The van der Waals surface area contributed by atoms with E-state index < -0.39 is 6.04 Å². The van der Waals surface area contributed by atoms with Crippen molar-refractivity contribution in [3.8, 4) is 0 Å². The van der Waals surface area contributed by atoms with Crippen LogP contribution < -0.4 is 0 Å². The molecular formula is C8H11NO2. The Morgan fingerprint density at radius 2 is 2.27 bits per heavy atom. The summed E-state index contributed by atoms with van der Waals surface area (Å²) in [7, 11) is 0. The molecule has 0 aromatic carbocycles. The summed E-state index contributed by atoms with van der Waals surface area (Å²) in [6.07, 6.45) is 1.88. The summed E-state index contributed by atoms with van der Waals surface area (Å²) in [4.78, 5) is 24.3. The van der Waals surface area contributed by atoms with Crippen LogP contribution in [-0.2, 0) is 9.59 Å². The van der Waals surface area contributed by atoms with Crippen LogP contribution in [0.15, 0.2) is 17.1 Å². The normalized spacial score (nSPS) is 11.5. The molecule has 0 N–H and O–H groups in total. The predicted octanol–water partition coefficient (Wildman–Crippen LogP) is 1.25. The van der Waals surface area contributed by atoms with E-state index in [9.17, 15) is 9.59 Å². The molecule has 0 radical (unpaired) electrons. The van der Waals surface area contributed by atoms with Crippen LogP contribution in [0.4, 0.5) is 0 Å². The van der Waals surface area contributed by atoms with Crippen LogP contribution in [0.2, 0.25) is 0 Å². The number of carbonyl (C=O) groups is 1. The average Bonchev–Trinajstić information content (AvgIpc) is 1.98. The number of isocyanates is 1. The van der Waals surface area contributed by atoms with E-state index in [1.54, 1.807) is 13.8 Å². The van der Waals surface area contributed by atoms with Gasteiger partial charge in [-0.05, 0) is 18.9 Å². The summed E-state index contributed by atoms with van der Waals surface area (Å²) in [5.74, 6) is -0.184. The number of Topliss-reactive ketones (excluding diaryl/α,β-unsaturated/α-hetero) is 1. The largest absolute Gasteiger partial charge is 0.292 e. The zero-order valence-corrected chi connectivity index (χ0v) is 6.76. The monoisotopic (exact) mass is 153 g/mol. The van der Waals surface area contributed by atoms with E-state index in [1.807, 2.05) is 0 Å². The molecule has 0 bridgehead atoms. The zero-order chi connectivity index (χ0) is 8.85. The molecule has 0 aliphatic carbocycles. The number of nitrogens with zero attached hydrogens (tertiary/aromatic N) is 1. The van der Waals surface area contributed by atoms with E-state index in [0.717, 1.165) is 0 Å². The van der Waals surface area contributed by atoms with Gasteiger partial charge in [-0.15, -0.1) is 0 Å². The van der Waals surface area contributed by atoms with Gasteiger partial charge in [-0.1, -0.05) is 13.5 Å². The first-order valence-corrected chi connectivity index (χ1v) is 3.40. The molecular weight excluding hydrogens is 142 g/mol. The summed E-state index contributed by atoms with van der Waals surface area (Å²) in [6, 6.07) is -0.579. The highest BCUT2D eigenvalue weighted by atomic mass is 16.1. The fourth-order valence-electron chi connectivity index (χ4n) is 0.683. The van der Waals surface area contributed by atoms with Gasteiger partial charge < -0.3 is 0 Å². The zero-order valence-electron chi connectivity index (χ0n) is 6.76. The fourth-order valence-corrected chi connectivity index (χ4v) is 0.683. The molecule has 0 saturated carbocycles. The number of hydrogen-bond donors (Lipinski definition) is 0. The minimum absolute atomic E-state index is 0.184. The van der Waals surface area contributed by atoms with Gasteiger partial charge in [-0.2, -0.15) is 4.99 Å². The van der Waals surface area contributed by atoms with Gasteiger partial charge in [0.2, 0.25) is 6.08 Å². The van der Waals surface area contributed by atoms with E-state index in [2.05, 4.69) is 11.6 Å². The first kappa shape index (κ1) is 9.79. The summed E-state index contributed by atoms with van der Waals surface area (Å²) < 4.78 is 0. The molecule has 3 nitrogen and oxygen atoms in total. The Labute approximate surface area is 65.8 Å². The van der Waals surface area contributed by atoms with Gasteiger partial charge in [-0.25, -0.2) is 4.79 Å². The van der Waals surface area contributed by atoms with Crippen LogP contribution in [-0.4, -0.2) is 17.9 Å². The molecule has 1 unspecified atom stereocenters. The van der Waals surface area contributed by atoms with Crippen molar-refractivity contribution in [2.24, 2.45) is 4.99 Å². The maximum atomic E-state index is 11.1. The summed E-state index contributed by atoms with van der Waals surface area (Å²) in [5, 5.41) is 0. The van der Waals surface area contributed by atoms with Crippen LogP contribution in [0.5, 0.6) is 0 Å². The van der Waals surface area contributed by atoms with Crippen LogP contribution in [0.3, 0.4) is 0 Å². The van der Waals surface area contributed by atoms with Crippen molar-refractivity contribution in [1.29, 1.82) is 0 Å². The molecule has 0 aromatic rings. The first-order chi connectivity index (χ1) is 5.13. The molecule has 0 heterocycles. The molecule has 11 heavy (non-hydrogen) atoms. The molecule has 0 fully saturated rings. The maximum absolute atomic E-state index is 11.1. The standard InChI is InChI=1S/C8H11NO2/c1-4-7(9-5-10)8(11)6(2)3/h7H,2,4H2,1,3H3. The van der Waals surface area contributed by atoms with E-state index in [0.29, 0.717) is 12.0 Å². The third-order valence-electron chi connectivity index (χ3n) is 1.32. The molecule has 0 aliphatic rings. The van der Waals surface area contributed by atoms with Gasteiger partial charge in [0.15, 0.2) is 5.78 Å². The Bertz CT molecular complexity index is 214. The van der Waals surface area contributed by atoms with Gasteiger partial charge in [0, 0.05) is 0 Å². The minimum atomic E-state index is -0.579. The van der Waals surface area contributed by atoms with Crippen LogP contribution in [0.25, 0.3) is 0 Å². The molecule has 1 atom stereocenters. The highest BCUT2D eigenvalue weighted by molar-refractivity contribution is 5.98. The minimum Gasteiger partial charge on any atom is -0.292 e. The van der Waals surface area contributed by atoms with Crippen molar-refractivity contribution in [3.63, 3.8) is 0 Å². The smallest absolute Gasteiger partial charge is 0.235 e. The SMILES string of the molecule is C=C(C)C(=O)C(CC)N=C=O. The third kappa shape index (κ3) is 2.92. The molecule has 0 rings (SSSR count). The highest BCUT2D eigenvalue weighted by Gasteiger charge is 2.14. The van der Waals surface area contributed by atoms with Crippen molar-refractivity contribution >= 4 is 11.9 Å². The Morgan fingerprint density at radius 3 is 2.55 bits per heavy atom. The fraction of sp³-hybridized carbons (Fsp3) is 0.500. The molecule has 0 aromatic heterocycles. The maximum Gasteiger partial charge on any atom is 0.235 e. The summed E-state index contributed by atoms with van der Waals surface area (Å²) in [6.45, 7) is 6.85. The summed E-state index contributed by atoms with van der Waals surface area (Å²) >= 11 is 0. The second kappa shape index (κ2) is 4.58.